The van der Waals surface area contributed by atoms with E-state index in [4.69, 9.17) is 10.8 Å². The van der Waals surface area contributed by atoms with Crippen molar-refractivity contribution in [1.29, 1.82) is 0 Å². The Kier molecular flexibility index (Phi) is 2.67. The number of rotatable bonds is 3. The quantitative estimate of drug-likeness (QED) is 0.775. The van der Waals surface area contributed by atoms with Crippen LogP contribution < -0.4 is 5.73 Å². The zero-order valence-corrected chi connectivity index (χ0v) is 8.51. The van der Waals surface area contributed by atoms with Gasteiger partial charge < -0.3 is 10.8 Å². The Balaban J connectivity index is 2.31. The number of hydrogen-bond acceptors (Lipinski definition) is 2. The van der Waals surface area contributed by atoms with Gasteiger partial charge in [-0.1, -0.05) is 0 Å². The summed E-state index contributed by atoms with van der Waals surface area (Å²) in [7, 11) is 0. The zero-order chi connectivity index (χ0) is 11.9. The van der Waals surface area contributed by atoms with Crippen LogP contribution in [-0.4, -0.2) is 18.3 Å². The second-order valence-corrected chi connectivity index (χ2v) is 4.28. The Labute approximate surface area is 90.9 Å². The Morgan fingerprint density at radius 2 is 1.88 bits per heavy atom. The van der Waals surface area contributed by atoms with E-state index in [1.807, 2.05) is 0 Å². The van der Waals surface area contributed by atoms with Gasteiger partial charge in [0.05, 0.1) is 6.61 Å². The lowest BCUT2D eigenvalue weighted by atomic mass is 10.00. The molecule has 0 amide bonds. The minimum Gasteiger partial charge on any atom is -0.396 e. The lowest BCUT2D eigenvalue weighted by Crippen LogP contribution is -2.21. The van der Waals surface area contributed by atoms with Crippen molar-refractivity contribution in [2.24, 2.45) is 11.1 Å². The lowest BCUT2D eigenvalue weighted by molar-refractivity contribution is 0.211. The van der Waals surface area contributed by atoms with Crippen LogP contribution in [0, 0.1) is 22.9 Å². The Hall–Kier alpha value is -1.07. The molecule has 1 aromatic carbocycles. The van der Waals surface area contributed by atoms with Crippen molar-refractivity contribution in [2.45, 2.75) is 12.3 Å². The number of hydrogen-bond donors (Lipinski definition) is 2. The zero-order valence-electron chi connectivity index (χ0n) is 8.51. The van der Waals surface area contributed by atoms with Crippen molar-refractivity contribution in [3.8, 4) is 0 Å². The molecule has 2 nitrogen and oxygen atoms in total. The molecule has 0 saturated heterocycles. The summed E-state index contributed by atoms with van der Waals surface area (Å²) in [5, 5.41) is 9.14. The second-order valence-electron chi connectivity index (χ2n) is 4.28. The first-order chi connectivity index (χ1) is 7.54. The second kappa shape index (κ2) is 3.75. The highest BCUT2D eigenvalue weighted by Crippen LogP contribution is 2.58. The average molecular weight is 231 g/mol. The molecule has 2 atom stereocenters. The molecule has 1 aliphatic rings. The molecule has 16 heavy (non-hydrogen) atoms. The molecule has 1 aromatic rings. The van der Waals surface area contributed by atoms with Crippen molar-refractivity contribution < 1.29 is 18.3 Å². The molecule has 0 spiro atoms. The third-order valence-electron chi connectivity index (χ3n) is 3.32. The molecular weight excluding hydrogens is 219 g/mol. The minimum absolute atomic E-state index is 0.130. The fourth-order valence-corrected chi connectivity index (χ4v) is 2.06. The normalized spacial score (nSPS) is 28.2. The van der Waals surface area contributed by atoms with E-state index in [2.05, 4.69) is 0 Å². The van der Waals surface area contributed by atoms with E-state index in [9.17, 15) is 13.2 Å². The molecule has 1 aliphatic carbocycles. The van der Waals surface area contributed by atoms with Crippen molar-refractivity contribution in [3.05, 3.63) is 35.1 Å². The summed E-state index contributed by atoms with van der Waals surface area (Å²) >= 11 is 0. The Morgan fingerprint density at radius 1 is 1.31 bits per heavy atom. The number of benzene rings is 1. The van der Waals surface area contributed by atoms with Crippen LogP contribution in [-0.2, 0) is 0 Å². The van der Waals surface area contributed by atoms with E-state index < -0.39 is 22.9 Å². The molecule has 5 heteroatoms. The molecule has 1 saturated carbocycles. The Bertz CT molecular complexity index is 395. The van der Waals surface area contributed by atoms with Gasteiger partial charge in [-0.15, -0.1) is 0 Å². The summed E-state index contributed by atoms with van der Waals surface area (Å²) in [6.07, 6.45) is 0.574. The van der Waals surface area contributed by atoms with Crippen LogP contribution in [0.3, 0.4) is 0 Å². The number of nitrogens with two attached hydrogens (primary N) is 1. The van der Waals surface area contributed by atoms with Crippen LogP contribution in [0.5, 0.6) is 0 Å². The summed E-state index contributed by atoms with van der Waals surface area (Å²) in [5.74, 6) is -4.06. The average Bonchev–Trinajstić information content (AvgIpc) is 3.00. The summed E-state index contributed by atoms with van der Waals surface area (Å²) in [6.45, 7) is 0.115. The van der Waals surface area contributed by atoms with Crippen molar-refractivity contribution in [1.82, 2.24) is 0 Å². The van der Waals surface area contributed by atoms with Gasteiger partial charge in [-0.05, 0) is 30.0 Å². The SMILES string of the molecule is NCC1(CO)CC1c1cc(F)c(F)c(F)c1. The first kappa shape index (κ1) is 11.4. The summed E-state index contributed by atoms with van der Waals surface area (Å²) in [4.78, 5) is 0. The molecule has 0 bridgehead atoms. The maximum Gasteiger partial charge on any atom is 0.194 e. The molecule has 0 aliphatic heterocycles. The van der Waals surface area contributed by atoms with Gasteiger partial charge in [-0.3, -0.25) is 0 Å². The Morgan fingerprint density at radius 3 is 2.25 bits per heavy atom. The molecule has 3 N–H and O–H groups in total. The van der Waals surface area contributed by atoms with Crippen LogP contribution in [0.25, 0.3) is 0 Å². The highest BCUT2D eigenvalue weighted by Gasteiger charge is 2.53. The number of aliphatic hydroxyl groups is 1. The molecule has 0 heterocycles. The largest absolute Gasteiger partial charge is 0.396 e. The molecule has 0 aromatic heterocycles. The van der Waals surface area contributed by atoms with Gasteiger partial charge in [-0.25, -0.2) is 13.2 Å². The standard InChI is InChI=1S/C11H12F3NO/c12-8-1-6(2-9(13)10(8)14)7-3-11(7,4-15)5-16/h1-2,7,16H,3-5,15H2. The van der Waals surface area contributed by atoms with Crippen molar-refractivity contribution in [2.75, 3.05) is 13.2 Å². The van der Waals surface area contributed by atoms with E-state index >= 15 is 0 Å². The van der Waals surface area contributed by atoms with Crippen LogP contribution in [0.2, 0.25) is 0 Å². The van der Waals surface area contributed by atoms with E-state index in [-0.39, 0.29) is 19.1 Å². The van der Waals surface area contributed by atoms with Crippen molar-refractivity contribution >= 4 is 0 Å². The van der Waals surface area contributed by atoms with E-state index in [1.54, 1.807) is 0 Å². The van der Waals surface area contributed by atoms with Crippen LogP contribution in [0.15, 0.2) is 12.1 Å². The number of aliphatic hydroxyl groups excluding tert-OH is 1. The molecule has 2 rings (SSSR count). The number of halogens is 3. The van der Waals surface area contributed by atoms with E-state index in [1.165, 1.54) is 0 Å². The van der Waals surface area contributed by atoms with Crippen LogP contribution >= 0.6 is 0 Å². The van der Waals surface area contributed by atoms with Crippen LogP contribution in [0.1, 0.15) is 17.9 Å². The van der Waals surface area contributed by atoms with Gasteiger partial charge in [0.2, 0.25) is 0 Å². The molecule has 88 valence electrons. The van der Waals surface area contributed by atoms with Crippen molar-refractivity contribution in [3.63, 3.8) is 0 Å². The van der Waals surface area contributed by atoms with Gasteiger partial charge >= 0.3 is 0 Å². The van der Waals surface area contributed by atoms with Gasteiger partial charge in [0, 0.05) is 12.0 Å². The first-order valence-electron chi connectivity index (χ1n) is 4.99. The van der Waals surface area contributed by atoms with E-state index in [0.717, 1.165) is 12.1 Å². The maximum atomic E-state index is 13.0. The predicted molar refractivity (Wildman–Crippen MR) is 52.2 cm³/mol. The summed E-state index contributed by atoms with van der Waals surface area (Å²) in [6, 6.07) is 1.94. The smallest absolute Gasteiger partial charge is 0.194 e. The minimum atomic E-state index is -1.47. The fourth-order valence-electron chi connectivity index (χ4n) is 2.06. The van der Waals surface area contributed by atoms with Gasteiger partial charge in [0.1, 0.15) is 0 Å². The van der Waals surface area contributed by atoms with Crippen LogP contribution in [0.4, 0.5) is 13.2 Å². The highest BCUT2D eigenvalue weighted by molar-refractivity contribution is 5.32. The van der Waals surface area contributed by atoms with E-state index in [0.29, 0.717) is 12.0 Å². The van der Waals surface area contributed by atoms with Gasteiger partial charge in [0.15, 0.2) is 17.5 Å². The van der Waals surface area contributed by atoms with Gasteiger partial charge in [0.25, 0.3) is 0 Å². The predicted octanol–water partition coefficient (Wildman–Crippen LogP) is 1.53. The molecule has 2 unspecified atom stereocenters. The summed E-state index contributed by atoms with van der Waals surface area (Å²) in [5.41, 5.74) is 5.36. The highest BCUT2D eigenvalue weighted by atomic mass is 19.2. The fraction of sp³-hybridized carbons (Fsp3) is 0.455. The summed E-state index contributed by atoms with van der Waals surface area (Å²) < 4.78 is 38.7. The molecule has 1 fully saturated rings. The topological polar surface area (TPSA) is 46.2 Å². The maximum absolute atomic E-state index is 13.0. The third-order valence-corrected chi connectivity index (χ3v) is 3.32. The molecule has 0 radical (unpaired) electrons. The van der Waals surface area contributed by atoms with Gasteiger partial charge in [-0.2, -0.15) is 0 Å². The lowest BCUT2D eigenvalue weighted by Gasteiger charge is -2.11. The third kappa shape index (κ3) is 1.60. The monoisotopic (exact) mass is 231 g/mol. The molecular formula is C11H12F3NO. The first-order valence-corrected chi connectivity index (χ1v) is 4.99.